The van der Waals surface area contributed by atoms with Crippen LogP contribution in [0.1, 0.15) is 75.4 Å². The Morgan fingerprint density at radius 2 is 1.59 bits per heavy atom. The molecular weight excluding hydrogens is 721 g/mol. The number of fused-ring (bicyclic) bond motifs is 5. The Labute approximate surface area is 298 Å². The van der Waals surface area contributed by atoms with E-state index >= 15 is 0 Å². The van der Waals surface area contributed by atoms with Gasteiger partial charge in [-0.05, 0) is 31.0 Å². The van der Waals surface area contributed by atoms with Crippen molar-refractivity contribution in [3.8, 4) is 11.5 Å². The molecule has 3 aliphatic carbocycles. The molecule has 0 amide bonds. The number of halogens is 2. The fraction of sp³-hybridized carbons (Fsp3) is 0.424. The van der Waals surface area contributed by atoms with Crippen LogP contribution < -0.4 is 5.32 Å². The van der Waals surface area contributed by atoms with Gasteiger partial charge in [-0.2, -0.15) is 0 Å². The molecule has 7 N–H and O–H groups in total. The SMILES string of the molecule is CO[C@@H]1[C@@H](O)[C@@H](OC)[C@@H](NC2=C(Cl)C(=O)c3c(cc4c(c3O)C(=O)C3(OC)C(O)Cc5c(Cl)c(C)c(C(=O)O)c(O)c5C3(O)C4=O)C2=O)O[C@H]1C. The van der Waals surface area contributed by atoms with E-state index in [-0.39, 0.29) is 16.1 Å². The zero-order chi connectivity index (χ0) is 37.8. The number of allylic oxidation sites excluding steroid dienone is 2. The molecule has 1 heterocycles. The van der Waals surface area contributed by atoms with E-state index in [0.717, 1.165) is 13.2 Å². The smallest absolute Gasteiger partial charge is 0.339 e. The lowest BCUT2D eigenvalue weighted by Gasteiger charge is -2.53. The van der Waals surface area contributed by atoms with E-state index in [2.05, 4.69) is 5.32 Å². The molecule has 18 heteroatoms. The quantitative estimate of drug-likeness (QED) is 0.216. The maximum absolute atomic E-state index is 14.6. The standard InChI is InChI=1S/C33H31Cl2NO15/c1-8-14(31(45)46)23(40)17-12(18(8)34)7-13(37)33(50-5)29(44)16-11(28(43)32(17,33)47)6-10-15(22(16)39)24(41)19(35)20(21(10)38)36-30-27(49-4)25(42)26(48-3)9(2)51-30/h6,9,13,25-27,30,36-37,39-40,42,47H,7H2,1-5H3,(H,45,46)/t9-,13?,25+,26-,27+,30-,32?,33?/m0/s1. The monoisotopic (exact) mass is 751 g/mol. The number of carboxylic acids is 1. The van der Waals surface area contributed by atoms with E-state index < -0.39 is 139 Å². The zero-order valence-electron chi connectivity index (χ0n) is 27.4. The lowest BCUT2D eigenvalue weighted by atomic mass is 9.56. The number of Topliss-reactive ketones (excluding diaryl/α,β-unsaturated/α-hetero) is 4. The van der Waals surface area contributed by atoms with Crippen molar-refractivity contribution in [1.29, 1.82) is 0 Å². The van der Waals surface area contributed by atoms with Crippen molar-refractivity contribution >= 4 is 52.3 Å². The van der Waals surface area contributed by atoms with Gasteiger partial charge in [-0.1, -0.05) is 23.2 Å². The molecule has 6 rings (SSSR count). The maximum Gasteiger partial charge on any atom is 0.339 e. The van der Waals surface area contributed by atoms with Gasteiger partial charge in [0.2, 0.25) is 23.1 Å². The molecule has 0 saturated carbocycles. The molecule has 1 aliphatic heterocycles. The van der Waals surface area contributed by atoms with Crippen molar-refractivity contribution in [2.75, 3.05) is 21.3 Å². The number of phenols is 2. The van der Waals surface area contributed by atoms with Gasteiger partial charge in [0.1, 0.15) is 46.1 Å². The summed E-state index contributed by atoms with van der Waals surface area (Å²) >= 11 is 12.8. The van der Waals surface area contributed by atoms with Gasteiger partial charge < -0.3 is 54.9 Å². The molecule has 8 atom stereocenters. The Morgan fingerprint density at radius 3 is 2.16 bits per heavy atom. The molecule has 272 valence electrons. The highest BCUT2D eigenvalue weighted by atomic mass is 35.5. The number of nitrogens with one attached hydrogen (secondary N) is 1. The van der Waals surface area contributed by atoms with Crippen LogP contribution in [0.25, 0.3) is 0 Å². The lowest BCUT2D eigenvalue weighted by molar-refractivity contribution is -0.236. The van der Waals surface area contributed by atoms with Crippen LogP contribution in [0.5, 0.6) is 11.5 Å². The summed E-state index contributed by atoms with van der Waals surface area (Å²) in [5, 5.41) is 68.9. The summed E-state index contributed by atoms with van der Waals surface area (Å²) in [6, 6.07) is 0.743. The lowest BCUT2D eigenvalue weighted by Crippen LogP contribution is -2.73. The second-order valence-electron chi connectivity index (χ2n) is 12.6. The fourth-order valence-electron chi connectivity index (χ4n) is 7.81. The average Bonchev–Trinajstić information content (AvgIpc) is 3.06. The number of aliphatic hydroxyl groups is 3. The largest absolute Gasteiger partial charge is 0.507 e. The minimum absolute atomic E-state index is 0.173. The second-order valence-corrected chi connectivity index (χ2v) is 13.3. The molecule has 1 fully saturated rings. The molecule has 0 bridgehead atoms. The third-order valence-corrected chi connectivity index (χ3v) is 11.1. The predicted molar refractivity (Wildman–Crippen MR) is 172 cm³/mol. The molecular formula is C33H31Cl2NO15. The third kappa shape index (κ3) is 4.55. The van der Waals surface area contributed by atoms with Gasteiger partial charge in [0.15, 0.2) is 17.4 Å². The van der Waals surface area contributed by atoms with Crippen molar-refractivity contribution in [2.24, 2.45) is 0 Å². The molecule has 1 saturated heterocycles. The predicted octanol–water partition coefficient (Wildman–Crippen LogP) is 0.882. The number of hydrogen-bond donors (Lipinski definition) is 7. The summed E-state index contributed by atoms with van der Waals surface area (Å²) < 4.78 is 21.9. The van der Waals surface area contributed by atoms with E-state index in [1.807, 2.05) is 0 Å². The number of ketones is 4. The van der Waals surface area contributed by atoms with Gasteiger partial charge in [0.05, 0.1) is 23.3 Å². The van der Waals surface area contributed by atoms with Gasteiger partial charge in [0.25, 0.3) is 0 Å². The van der Waals surface area contributed by atoms with Crippen LogP contribution in [0.2, 0.25) is 5.02 Å². The number of rotatable bonds is 6. The molecule has 3 unspecified atom stereocenters. The summed E-state index contributed by atoms with van der Waals surface area (Å²) in [7, 11) is 3.43. The van der Waals surface area contributed by atoms with Crippen molar-refractivity contribution in [2.45, 2.75) is 68.2 Å². The number of carboxylic acid groups (broad SMARTS) is 1. The van der Waals surface area contributed by atoms with Crippen molar-refractivity contribution < 1.29 is 73.6 Å². The Morgan fingerprint density at radius 1 is 0.961 bits per heavy atom. The van der Waals surface area contributed by atoms with Crippen LogP contribution in [0.15, 0.2) is 16.8 Å². The Bertz CT molecular complexity index is 2010. The number of ether oxygens (including phenoxy) is 4. The molecule has 51 heavy (non-hydrogen) atoms. The van der Waals surface area contributed by atoms with E-state index in [9.17, 15) is 54.6 Å². The van der Waals surface area contributed by atoms with E-state index in [4.69, 9.17) is 42.1 Å². The highest BCUT2D eigenvalue weighted by Crippen LogP contribution is 2.58. The van der Waals surface area contributed by atoms with Crippen molar-refractivity contribution in [1.82, 2.24) is 5.32 Å². The van der Waals surface area contributed by atoms with Crippen molar-refractivity contribution in [3.05, 3.63) is 66.3 Å². The first-order chi connectivity index (χ1) is 23.9. The number of methoxy groups -OCH3 is 3. The van der Waals surface area contributed by atoms with Gasteiger partial charge in [-0.3, -0.25) is 19.2 Å². The van der Waals surface area contributed by atoms with Crippen LogP contribution in [0.3, 0.4) is 0 Å². The van der Waals surface area contributed by atoms with Gasteiger partial charge in [-0.15, -0.1) is 0 Å². The minimum atomic E-state index is -3.41. The summed E-state index contributed by atoms with van der Waals surface area (Å²) in [4.78, 5) is 69.0. The molecule has 0 radical (unpaired) electrons. The third-order valence-electron chi connectivity index (χ3n) is 10.2. The number of aliphatic hydroxyl groups excluding tert-OH is 2. The summed E-state index contributed by atoms with van der Waals surface area (Å²) in [5.74, 6) is -9.34. The molecule has 16 nitrogen and oxygen atoms in total. The second kappa shape index (κ2) is 12.3. The number of carbonyl (C=O) groups excluding carboxylic acids is 4. The minimum Gasteiger partial charge on any atom is -0.507 e. The van der Waals surface area contributed by atoms with Gasteiger partial charge in [0, 0.05) is 49.5 Å². The van der Waals surface area contributed by atoms with E-state index in [1.165, 1.54) is 21.1 Å². The molecule has 2 aromatic rings. The Kier molecular flexibility index (Phi) is 8.89. The van der Waals surface area contributed by atoms with Crippen LogP contribution >= 0.6 is 23.2 Å². The number of aromatic hydroxyl groups is 2. The van der Waals surface area contributed by atoms with Crippen LogP contribution in [0, 0.1) is 6.92 Å². The van der Waals surface area contributed by atoms with E-state index in [0.29, 0.717) is 0 Å². The normalized spacial score (nSPS) is 31.6. The van der Waals surface area contributed by atoms with Gasteiger partial charge in [-0.25, -0.2) is 4.79 Å². The molecule has 2 aromatic carbocycles. The molecule has 0 spiro atoms. The summed E-state index contributed by atoms with van der Waals surface area (Å²) in [6.45, 7) is 2.81. The first kappa shape index (κ1) is 36.8. The first-order valence-electron chi connectivity index (χ1n) is 15.3. The van der Waals surface area contributed by atoms with Crippen LogP contribution in [-0.2, 0) is 31.0 Å². The highest BCUT2D eigenvalue weighted by molar-refractivity contribution is 6.50. The molecule has 4 aliphatic rings. The number of carbonyl (C=O) groups is 5. The average molecular weight is 753 g/mol. The molecule has 0 aromatic heterocycles. The van der Waals surface area contributed by atoms with Crippen LogP contribution in [0.4, 0.5) is 0 Å². The maximum atomic E-state index is 14.6. The number of aromatic carboxylic acids is 1. The Balaban J connectivity index is 1.55. The van der Waals surface area contributed by atoms with Crippen molar-refractivity contribution in [3.63, 3.8) is 0 Å². The van der Waals surface area contributed by atoms with Crippen LogP contribution in [-0.4, -0.2) is 123 Å². The zero-order valence-corrected chi connectivity index (χ0v) is 28.9. The van der Waals surface area contributed by atoms with E-state index in [1.54, 1.807) is 6.92 Å². The van der Waals surface area contributed by atoms with Gasteiger partial charge >= 0.3 is 5.97 Å². The number of hydrogen-bond acceptors (Lipinski definition) is 15. The number of phenolic OH excluding ortho intramolecular Hbond substituents is 1. The highest BCUT2D eigenvalue weighted by Gasteiger charge is 2.73. The first-order valence-corrected chi connectivity index (χ1v) is 16.0. The summed E-state index contributed by atoms with van der Waals surface area (Å²) in [5.41, 5.74) is -12.4. The Hall–Kier alpha value is -3.97. The number of benzene rings is 2. The fourth-order valence-corrected chi connectivity index (χ4v) is 8.31. The topological polar surface area (TPSA) is 256 Å². The summed E-state index contributed by atoms with van der Waals surface area (Å²) in [6.07, 6.45) is -8.12.